The van der Waals surface area contributed by atoms with Gasteiger partial charge < -0.3 is 4.74 Å². The van der Waals surface area contributed by atoms with E-state index in [0.717, 1.165) is 18.4 Å². The number of ether oxygens (including phenoxy) is 1. The lowest BCUT2D eigenvalue weighted by molar-refractivity contribution is 0.198. The fraction of sp³-hybridized carbons (Fsp3) is 0.667. The summed E-state index contributed by atoms with van der Waals surface area (Å²) in [5.74, 6) is 0.883. The predicted molar refractivity (Wildman–Crippen MR) is 66.1 cm³/mol. The molecule has 1 aromatic rings. The molecule has 0 spiro atoms. The third-order valence-electron chi connectivity index (χ3n) is 2.38. The van der Waals surface area contributed by atoms with Crippen molar-refractivity contribution < 1.29 is 4.74 Å². The molecule has 0 fully saturated rings. The molecule has 4 heteroatoms. The van der Waals surface area contributed by atoms with Crippen molar-refractivity contribution in [2.45, 2.75) is 52.6 Å². The van der Waals surface area contributed by atoms with Crippen molar-refractivity contribution in [2.75, 3.05) is 0 Å². The molecule has 0 aliphatic heterocycles. The molecule has 90 valence electrons. The molecule has 0 N–H and O–H groups in total. The molecule has 3 nitrogen and oxygen atoms in total. The maximum Gasteiger partial charge on any atom is 0.221 e. The first kappa shape index (κ1) is 13.2. The zero-order chi connectivity index (χ0) is 12.1. The van der Waals surface area contributed by atoms with Crippen LogP contribution in [0.2, 0.25) is 5.15 Å². The fourth-order valence-electron chi connectivity index (χ4n) is 1.59. The monoisotopic (exact) mass is 242 g/mol. The Balaban J connectivity index is 2.90. The average Bonchev–Trinajstić information content (AvgIpc) is 2.17. The lowest BCUT2D eigenvalue weighted by Gasteiger charge is -2.17. The Kier molecular flexibility index (Phi) is 5.00. The second-order valence-electron chi connectivity index (χ2n) is 4.26. The Morgan fingerprint density at radius 1 is 1.31 bits per heavy atom. The summed E-state index contributed by atoms with van der Waals surface area (Å²) in [6, 6.07) is 0. The maximum absolute atomic E-state index is 6.05. The minimum absolute atomic E-state index is 0.161. The van der Waals surface area contributed by atoms with Crippen molar-refractivity contribution in [1.29, 1.82) is 0 Å². The lowest BCUT2D eigenvalue weighted by atomic mass is 10.1. The van der Waals surface area contributed by atoms with Crippen molar-refractivity contribution in [3.05, 3.63) is 17.0 Å². The first-order valence-electron chi connectivity index (χ1n) is 5.73. The zero-order valence-corrected chi connectivity index (χ0v) is 11.1. The van der Waals surface area contributed by atoms with E-state index in [1.807, 2.05) is 6.92 Å². The molecule has 0 bridgehead atoms. The zero-order valence-electron chi connectivity index (χ0n) is 10.3. The summed E-state index contributed by atoms with van der Waals surface area (Å²) in [5, 5.41) is 0.490. The van der Waals surface area contributed by atoms with E-state index in [9.17, 15) is 0 Å². The van der Waals surface area contributed by atoms with Gasteiger partial charge in [-0.3, -0.25) is 0 Å². The number of hydrogen-bond donors (Lipinski definition) is 0. The van der Waals surface area contributed by atoms with Crippen LogP contribution in [0.25, 0.3) is 0 Å². The van der Waals surface area contributed by atoms with Crippen LogP contribution in [0.1, 0.15) is 52.0 Å². The second kappa shape index (κ2) is 6.04. The molecule has 0 aliphatic rings. The molecule has 1 heterocycles. The first-order valence-corrected chi connectivity index (χ1v) is 6.11. The summed E-state index contributed by atoms with van der Waals surface area (Å²) in [5.41, 5.74) is 0.895. The lowest BCUT2D eigenvalue weighted by Crippen LogP contribution is -2.14. The molecular formula is C12H19ClN2O. The van der Waals surface area contributed by atoms with E-state index in [4.69, 9.17) is 16.3 Å². The summed E-state index contributed by atoms with van der Waals surface area (Å²) in [4.78, 5) is 8.15. The van der Waals surface area contributed by atoms with Crippen LogP contribution in [0.15, 0.2) is 6.33 Å². The van der Waals surface area contributed by atoms with Crippen molar-refractivity contribution in [1.82, 2.24) is 9.97 Å². The predicted octanol–water partition coefficient (Wildman–Crippen LogP) is 3.82. The second-order valence-corrected chi connectivity index (χ2v) is 4.61. The largest absolute Gasteiger partial charge is 0.474 e. The molecule has 16 heavy (non-hydrogen) atoms. The summed E-state index contributed by atoms with van der Waals surface area (Å²) in [6.07, 6.45) is 3.71. The van der Waals surface area contributed by atoms with Crippen molar-refractivity contribution in [3.63, 3.8) is 0 Å². The summed E-state index contributed by atoms with van der Waals surface area (Å²) in [7, 11) is 0. The van der Waals surface area contributed by atoms with Gasteiger partial charge in [-0.25, -0.2) is 9.97 Å². The van der Waals surface area contributed by atoms with Gasteiger partial charge in [0, 0.05) is 0 Å². The van der Waals surface area contributed by atoms with Crippen LogP contribution in [-0.2, 0) is 0 Å². The number of nitrogens with zero attached hydrogens (tertiary/aromatic N) is 2. The Hall–Kier alpha value is -0.830. The normalized spacial score (nSPS) is 12.9. The van der Waals surface area contributed by atoms with Crippen LogP contribution in [0.4, 0.5) is 0 Å². The van der Waals surface area contributed by atoms with E-state index in [0.29, 0.717) is 11.0 Å². The highest BCUT2D eigenvalue weighted by atomic mass is 35.5. The van der Waals surface area contributed by atoms with E-state index in [1.165, 1.54) is 6.33 Å². The molecule has 1 aromatic heterocycles. The smallest absolute Gasteiger partial charge is 0.221 e. The molecule has 0 aromatic carbocycles. The molecule has 1 unspecified atom stereocenters. The van der Waals surface area contributed by atoms with Gasteiger partial charge in [-0.05, 0) is 19.3 Å². The van der Waals surface area contributed by atoms with Crippen LogP contribution < -0.4 is 4.74 Å². The molecule has 0 aliphatic carbocycles. The van der Waals surface area contributed by atoms with Crippen LogP contribution in [-0.4, -0.2) is 16.1 Å². The van der Waals surface area contributed by atoms with Gasteiger partial charge in [0.15, 0.2) is 0 Å². The van der Waals surface area contributed by atoms with Crippen molar-refractivity contribution in [3.8, 4) is 5.88 Å². The van der Waals surface area contributed by atoms with Gasteiger partial charge in [-0.15, -0.1) is 0 Å². The van der Waals surface area contributed by atoms with Crippen LogP contribution in [0, 0.1) is 0 Å². The summed E-state index contributed by atoms with van der Waals surface area (Å²) < 4.78 is 5.79. The van der Waals surface area contributed by atoms with Gasteiger partial charge in [-0.1, -0.05) is 38.8 Å². The Morgan fingerprint density at radius 2 is 2.00 bits per heavy atom. The van der Waals surface area contributed by atoms with Crippen molar-refractivity contribution >= 4 is 11.6 Å². The molecule has 0 amide bonds. The molecule has 0 saturated heterocycles. The highest BCUT2D eigenvalue weighted by Gasteiger charge is 2.16. The van der Waals surface area contributed by atoms with Crippen LogP contribution in [0.3, 0.4) is 0 Å². The average molecular weight is 243 g/mol. The summed E-state index contributed by atoms with van der Waals surface area (Å²) in [6.45, 7) is 8.30. The number of aromatic nitrogens is 2. The minimum atomic E-state index is 0.161. The van der Waals surface area contributed by atoms with Gasteiger partial charge in [-0.2, -0.15) is 0 Å². The van der Waals surface area contributed by atoms with E-state index in [1.54, 1.807) is 0 Å². The van der Waals surface area contributed by atoms with E-state index in [-0.39, 0.29) is 12.0 Å². The van der Waals surface area contributed by atoms with Gasteiger partial charge in [0.25, 0.3) is 0 Å². The Morgan fingerprint density at radius 3 is 2.56 bits per heavy atom. The van der Waals surface area contributed by atoms with E-state index >= 15 is 0 Å². The van der Waals surface area contributed by atoms with Gasteiger partial charge in [0.2, 0.25) is 5.88 Å². The van der Waals surface area contributed by atoms with Gasteiger partial charge >= 0.3 is 0 Å². The van der Waals surface area contributed by atoms with Gasteiger partial charge in [0.1, 0.15) is 11.5 Å². The topological polar surface area (TPSA) is 35.0 Å². The fourth-order valence-corrected chi connectivity index (χ4v) is 1.94. The number of hydrogen-bond acceptors (Lipinski definition) is 3. The van der Waals surface area contributed by atoms with Crippen LogP contribution in [0.5, 0.6) is 5.88 Å². The SMILES string of the molecule is CCCC(C)Oc1ncnc(Cl)c1C(C)C. The van der Waals surface area contributed by atoms with Crippen molar-refractivity contribution in [2.24, 2.45) is 0 Å². The highest BCUT2D eigenvalue weighted by molar-refractivity contribution is 6.30. The van der Waals surface area contributed by atoms with E-state index in [2.05, 4.69) is 30.7 Å². The molecule has 1 rings (SSSR count). The maximum atomic E-state index is 6.05. The molecule has 0 radical (unpaired) electrons. The third-order valence-corrected chi connectivity index (χ3v) is 2.69. The quantitative estimate of drug-likeness (QED) is 0.737. The Bertz CT molecular complexity index is 342. The first-order chi connectivity index (χ1) is 7.56. The molecule has 1 atom stereocenters. The number of halogens is 1. The third kappa shape index (κ3) is 3.34. The highest BCUT2D eigenvalue weighted by Crippen LogP contribution is 2.30. The molecule has 0 saturated carbocycles. The minimum Gasteiger partial charge on any atom is -0.474 e. The van der Waals surface area contributed by atoms with E-state index < -0.39 is 0 Å². The Labute approximate surface area is 102 Å². The summed E-state index contributed by atoms with van der Waals surface area (Å²) >= 11 is 6.05. The van der Waals surface area contributed by atoms with Gasteiger partial charge in [0.05, 0.1) is 11.7 Å². The standard InChI is InChI=1S/C12H19ClN2O/c1-5-6-9(4)16-12-10(8(2)3)11(13)14-7-15-12/h7-9H,5-6H2,1-4H3. The van der Waals surface area contributed by atoms with Crippen LogP contribution >= 0.6 is 11.6 Å². The molecular weight excluding hydrogens is 224 g/mol. The number of rotatable bonds is 5.